The number of anilines is 1. The Morgan fingerprint density at radius 2 is 1.84 bits per heavy atom. The Bertz CT molecular complexity index is 1150. The van der Waals surface area contributed by atoms with Gasteiger partial charge in [0, 0.05) is 5.56 Å². The lowest BCUT2D eigenvalue weighted by atomic mass is 9.98. The monoisotopic (exact) mass is 453 g/mol. The van der Waals surface area contributed by atoms with Crippen LogP contribution in [-0.2, 0) is 4.79 Å². The Kier molecular flexibility index (Phi) is 5.85. The molecule has 1 unspecified atom stereocenters. The van der Waals surface area contributed by atoms with E-state index in [4.69, 9.17) is 17.6 Å². The van der Waals surface area contributed by atoms with Crippen LogP contribution in [0.1, 0.15) is 5.56 Å². The fourth-order valence-corrected chi connectivity index (χ4v) is 3.45. The van der Waals surface area contributed by atoms with Gasteiger partial charge in [0.25, 0.3) is 0 Å². The van der Waals surface area contributed by atoms with Crippen molar-refractivity contribution in [3.8, 4) is 47.3 Å². The lowest BCUT2D eigenvalue weighted by Crippen LogP contribution is -2.51. The Morgan fingerprint density at radius 3 is 2.45 bits per heavy atom. The van der Waals surface area contributed by atoms with E-state index in [1.807, 2.05) is 0 Å². The summed E-state index contributed by atoms with van der Waals surface area (Å²) >= 11 is 0. The van der Waals surface area contributed by atoms with Gasteiger partial charge in [-0.05, 0) is 29.9 Å². The molecular formula is C21H13F5NO3P. The summed E-state index contributed by atoms with van der Waals surface area (Å²) in [6.45, 7) is 0.183. The maximum absolute atomic E-state index is 15.1. The third-order valence-electron chi connectivity index (χ3n) is 4.47. The fourth-order valence-electron chi connectivity index (χ4n) is 3.07. The van der Waals surface area contributed by atoms with Crippen molar-refractivity contribution in [2.75, 3.05) is 18.1 Å². The number of carbonyl (C=O) groups excluding carboxylic acids is 1. The number of carbonyl (C=O) groups is 1. The SMILES string of the molecule is C#CCOc1c(C)c(F)c(-c2cc3c(cc2P)OC(F)(F)C(=O)N3CC#C)c(F)c1F. The first-order chi connectivity index (χ1) is 14.5. The molecule has 0 aromatic heterocycles. The number of hydrogen-bond acceptors (Lipinski definition) is 3. The van der Waals surface area contributed by atoms with E-state index >= 15 is 4.39 Å². The molecule has 4 nitrogen and oxygen atoms in total. The highest BCUT2D eigenvalue weighted by Crippen LogP contribution is 2.43. The van der Waals surface area contributed by atoms with Gasteiger partial charge in [-0.1, -0.05) is 11.8 Å². The zero-order valence-corrected chi connectivity index (χ0v) is 17.0. The molecule has 0 fully saturated rings. The van der Waals surface area contributed by atoms with Crippen molar-refractivity contribution in [1.29, 1.82) is 0 Å². The van der Waals surface area contributed by atoms with E-state index in [1.165, 1.54) is 0 Å². The molecule has 0 N–H and O–H groups in total. The van der Waals surface area contributed by atoms with Gasteiger partial charge in [0.05, 0.1) is 17.8 Å². The molecule has 0 radical (unpaired) electrons. The van der Waals surface area contributed by atoms with Crippen molar-refractivity contribution >= 4 is 26.1 Å². The summed E-state index contributed by atoms with van der Waals surface area (Å²) < 4.78 is 81.6. The van der Waals surface area contributed by atoms with Crippen LogP contribution >= 0.6 is 9.24 Å². The van der Waals surface area contributed by atoms with Crippen LogP contribution in [0.3, 0.4) is 0 Å². The first-order valence-electron chi connectivity index (χ1n) is 8.54. The lowest BCUT2D eigenvalue weighted by molar-refractivity contribution is -0.192. The van der Waals surface area contributed by atoms with Crippen LogP contribution in [-0.4, -0.2) is 25.2 Å². The molecule has 1 aliphatic heterocycles. The molecule has 10 heteroatoms. The zero-order valence-electron chi connectivity index (χ0n) is 15.9. The number of nitrogens with zero attached hydrogens (tertiary/aromatic N) is 1. The lowest BCUT2D eigenvalue weighted by Gasteiger charge is -2.33. The van der Waals surface area contributed by atoms with Crippen molar-refractivity contribution < 1.29 is 36.2 Å². The molecule has 160 valence electrons. The summed E-state index contributed by atoms with van der Waals surface area (Å²) in [5, 5.41) is -0.00144. The summed E-state index contributed by atoms with van der Waals surface area (Å²) in [6, 6.07) is 2.04. The normalized spacial score (nSPS) is 14.4. The van der Waals surface area contributed by atoms with Crippen molar-refractivity contribution in [2.45, 2.75) is 13.0 Å². The second-order valence-corrected chi connectivity index (χ2v) is 7.01. The molecule has 1 atom stereocenters. The predicted molar refractivity (Wildman–Crippen MR) is 107 cm³/mol. The van der Waals surface area contributed by atoms with Crippen LogP contribution in [0, 0.1) is 49.1 Å². The van der Waals surface area contributed by atoms with Gasteiger partial charge in [0.15, 0.2) is 17.3 Å². The number of terminal acetylenes is 2. The van der Waals surface area contributed by atoms with Gasteiger partial charge < -0.3 is 9.47 Å². The Balaban J connectivity index is 2.26. The van der Waals surface area contributed by atoms with Gasteiger partial charge in [0.1, 0.15) is 12.4 Å². The summed E-state index contributed by atoms with van der Waals surface area (Å²) in [6.07, 6.45) is 6.00. The van der Waals surface area contributed by atoms with E-state index in [-0.39, 0.29) is 22.1 Å². The third-order valence-corrected chi connectivity index (χ3v) is 4.95. The average Bonchev–Trinajstić information content (AvgIpc) is 2.71. The molecule has 3 rings (SSSR count). The number of rotatable bonds is 4. The number of benzene rings is 2. The van der Waals surface area contributed by atoms with Crippen molar-refractivity contribution in [1.82, 2.24) is 0 Å². The van der Waals surface area contributed by atoms with Gasteiger partial charge in [-0.3, -0.25) is 9.69 Å². The van der Waals surface area contributed by atoms with Gasteiger partial charge in [-0.25, -0.2) is 8.78 Å². The molecule has 2 aromatic carbocycles. The minimum absolute atomic E-state index is 0.00144. The largest absolute Gasteiger partial charge is 0.483 e. The first kappa shape index (κ1) is 22.4. The van der Waals surface area contributed by atoms with Crippen LogP contribution in [0.15, 0.2) is 12.1 Å². The number of halogens is 5. The number of ether oxygens (including phenoxy) is 2. The molecule has 0 saturated heterocycles. The molecule has 0 saturated carbocycles. The van der Waals surface area contributed by atoms with Crippen molar-refractivity contribution in [2.24, 2.45) is 0 Å². The van der Waals surface area contributed by atoms with Crippen LogP contribution < -0.4 is 19.7 Å². The van der Waals surface area contributed by atoms with Crippen LogP contribution in [0.4, 0.5) is 27.6 Å². The Morgan fingerprint density at radius 1 is 1.16 bits per heavy atom. The molecule has 1 heterocycles. The Labute approximate surface area is 176 Å². The quantitative estimate of drug-likeness (QED) is 0.308. The summed E-state index contributed by atoms with van der Waals surface area (Å²) in [7, 11) is 2.09. The van der Waals surface area contributed by atoms with E-state index in [0.29, 0.717) is 4.90 Å². The minimum Gasteiger partial charge on any atom is -0.477 e. The second-order valence-electron chi connectivity index (χ2n) is 6.39. The number of fused-ring (bicyclic) bond motifs is 1. The van der Waals surface area contributed by atoms with Gasteiger partial charge >= 0.3 is 12.0 Å². The van der Waals surface area contributed by atoms with Gasteiger partial charge in [0.2, 0.25) is 5.82 Å². The highest BCUT2D eigenvalue weighted by Gasteiger charge is 2.50. The molecule has 0 bridgehead atoms. The van der Waals surface area contributed by atoms with E-state index in [9.17, 15) is 22.4 Å². The van der Waals surface area contributed by atoms with Gasteiger partial charge in [-0.15, -0.1) is 22.1 Å². The average molecular weight is 453 g/mol. The number of alkyl halides is 2. The number of amides is 1. The van der Waals surface area contributed by atoms with Crippen LogP contribution in [0.2, 0.25) is 0 Å². The minimum atomic E-state index is -4.18. The smallest absolute Gasteiger partial charge is 0.477 e. The van der Waals surface area contributed by atoms with E-state index < -0.39 is 59.7 Å². The molecular weight excluding hydrogens is 440 g/mol. The predicted octanol–water partition coefficient (Wildman–Crippen LogP) is 3.54. The highest BCUT2D eigenvalue weighted by atomic mass is 31.0. The maximum atomic E-state index is 15.1. The summed E-state index contributed by atoms with van der Waals surface area (Å²) in [5.74, 6) is -2.99. The molecule has 0 aliphatic carbocycles. The second kappa shape index (κ2) is 8.09. The number of hydrogen-bond donors (Lipinski definition) is 0. The molecule has 1 amide bonds. The standard InChI is InChI=1S/C21H13F5NO3P/c1-4-6-27-12-8-11(14(31)9-13(12)30-21(25,26)20(27)28)15-16(22)10(3)19(29-7-5-2)18(24)17(15)23/h1-2,8-9H,6-7,31H2,3H3. The van der Waals surface area contributed by atoms with Crippen molar-refractivity contribution in [3.05, 3.63) is 35.1 Å². The summed E-state index contributed by atoms with van der Waals surface area (Å²) in [5.41, 5.74) is -1.63. The Hall–Kier alpha value is -3.29. The van der Waals surface area contributed by atoms with E-state index in [1.54, 1.807) is 0 Å². The van der Waals surface area contributed by atoms with E-state index in [0.717, 1.165) is 19.1 Å². The first-order valence-corrected chi connectivity index (χ1v) is 9.12. The van der Waals surface area contributed by atoms with Gasteiger partial charge in [-0.2, -0.15) is 13.2 Å². The molecule has 31 heavy (non-hydrogen) atoms. The third kappa shape index (κ3) is 3.66. The zero-order chi connectivity index (χ0) is 23.1. The molecule has 2 aromatic rings. The molecule has 0 spiro atoms. The van der Waals surface area contributed by atoms with E-state index in [2.05, 4.69) is 25.8 Å². The highest BCUT2D eigenvalue weighted by molar-refractivity contribution is 7.28. The fraction of sp³-hybridized carbons (Fsp3) is 0.190. The van der Waals surface area contributed by atoms with Crippen LogP contribution in [0.5, 0.6) is 11.5 Å². The topological polar surface area (TPSA) is 38.8 Å². The van der Waals surface area contributed by atoms with Crippen molar-refractivity contribution in [3.63, 3.8) is 0 Å². The summed E-state index contributed by atoms with van der Waals surface area (Å²) in [4.78, 5) is 12.6. The maximum Gasteiger partial charge on any atom is 0.483 e. The van der Waals surface area contributed by atoms with Crippen LogP contribution in [0.25, 0.3) is 11.1 Å². The molecule has 1 aliphatic rings.